The van der Waals surface area contributed by atoms with E-state index in [0.29, 0.717) is 11.4 Å². The van der Waals surface area contributed by atoms with Crippen molar-refractivity contribution in [2.75, 3.05) is 11.9 Å². The lowest BCUT2D eigenvalue weighted by atomic mass is 10.2. The maximum Gasteiger partial charge on any atom is 0.150 e. The Hall–Kier alpha value is -1.25. The molecule has 13 heavy (non-hydrogen) atoms. The fraction of sp³-hybridized carbons (Fsp3) is 0.400. The van der Waals surface area contributed by atoms with Crippen molar-refractivity contribution in [3.05, 3.63) is 24.0 Å². The highest BCUT2D eigenvalue weighted by molar-refractivity contribution is 5.60. The van der Waals surface area contributed by atoms with Gasteiger partial charge in [-0.1, -0.05) is 6.07 Å². The van der Waals surface area contributed by atoms with Crippen molar-refractivity contribution in [2.24, 2.45) is 0 Å². The summed E-state index contributed by atoms with van der Waals surface area (Å²) in [6.07, 6.45) is 2.16. The van der Waals surface area contributed by atoms with E-state index in [4.69, 9.17) is 4.74 Å². The minimum absolute atomic E-state index is 0.0131. The Balaban J connectivity index is 2.05. The molecule has 1 aromatic carbocycles. The van der Waals surface area contributed by atoms with Gasteiger partial charge in [-0.2, -0.15) is 0 Å². The van der Waals surface area contributed by atoms with Gasteiger partial charge >= 0.3 is 0 Å². The molecule has 0 radical (unpaired) electrons. The Bertz CT molecular complexity index is 360. The van der Waals surface area contributed by atoms with E-state index in [1.54, 1.807) is 6.07 Å². The summed E-state index contributed by atoms with van der Waals surface area (Å²) in [5.41, 5.74) is 0.501. The SMILES string of the molecule is Fc1cccc2c1NCC1(CC1)O2. The second-order valence-electron chi connectivity index (χ2n) is 3.75. The van der Waals surface area contributed by atoms with Crippen LogP contribution in [0.2, 0.25) is 0 Å². The summed E-state index contributed by atoms with van der Waals surface area (Å²) in [6, 6.07) is 4.93. The zero-order valence-corrected chi connectivity index (χ0v) is 7.14. The van der Waals surface area contributed by atoms with Crippen molar-refractivity contribution in [3.8, 4) is 5.75 Å². The third kappa shape index (κ3) is 0.996. The van der Waals surface area contributed by atoms with Crippen molar-refractivity contribution >= 4 is 5.69 Å². The van der Waals surface area contributed by atoms with Gasteiger partial charge in [-0.15, -0.1) is 0 Å². The van der Waals surface area contributed by atoms with Crippen LogP contribution >= 0.6 is 0 Å². The lowest BCUT2D eigenvalue weighted by Gasteiger charge is -2.27. The van der Waals surface area contributed by atoms with E-state index in [-0.39, 0.29) is 11.4 Å². The smallest absolute Gasteiger partial charge is 0.150 e. The average Bonchev–Trinajstić information content (AvgIpc) is 2.85. The van der Waals surface area contributed by atoms with Gasteiger partial charge in [0.05, 0.1) is 6.54 Å². The zero-order chi connectivity index (χ0) is 8.89. The molecular weight excluding hydrogens is 169 g/mol. The number of hydrogen-bond donors (Lipinski definition) is 1. The van der Waals surface area contributed by atoms with Gasteiger partial charge in [0.1, 0.15) is 22.9 Å². The van der Waals surface area contributed by atoms with E-state index in [9.17, 15) is 4.39 Å². The zero-order valence-electron chi connectivity index (χ0n) is 7.14. The van der Waals surface area contributed by atoms with Gasteiger partial charge in [-0.3, -0.25) is 0 Å². The molecule has 1 fully saturated rings. The van der Waals surface area contributed by atoms with Crippen LogP contribution in [0.25, 0.3) is 0 Å². The van der Waals surface area contributed by atoms with Crippen LogP contribution in [0, 0.1) is 5.82 Å². The second kappa shape index (κ2) is 2.16. The maximum atomic E-state index is 13.2. The molecule has 0 unspecified atom stereocenters. The first-order valence-electron chi connectivity index (χ1n) is 4.51. The maximum absolute atomic E-state index is 13.2. The first kappa shape index (κ1) is 7.18. The van der Waals surface area contributed by atoms with Crippen molar-refractivity contribution in [1.82, 2.24) is 0 Å². The van der Waals surface area contributed by atoms with Crippen LogP contribution < -0.4 is 10.1 Å². The number of halogens is 1. The molecule has 1 spiro atoms. The van der Waals surface area contributed by atoms with Crippen molar-refractivity contribution in [2.45, 2.75) is 18.4 Å². The molecule has 1 N–H and O–H groups in total. The molecular formula is C10H10FNO. The molecule has 0 saturated heterocycles. The number of para-hydroxylation sites is 1. The van der Waals surface area contributed by atoms with E-state index >= 15 is 0 Å². The molecule has 1 heterocycles. The van der Waals surface area contributed by atoms with Gasteiger partial charge in [-0.25, -0.2) is 4.39 Å². The third-order valence-corrected chi connectivity index (χ3v) is 2.70. The van der Waals surface area contributed by atoms with Crippen LogP contribution in [0.4, 0.5) is 10.1 Å². The van der Waals surface area contributed by atoms with E-state index < -0.39 is 0 Å². The minimum Gasteiger partial charge on any atom is -0.483 e. The summed E-state index contributed by atoms with van der Waals surface area (Å²) < 4.78 is 18.9. The summed E-state index contributed by atoms with van der Waals surface area (Å²) in [5, 5.41) is 3.08. The highest BCUT2D eigenvalue weighted by Crippen LogP contribution is 2.46. The van der Waals surface area contributed by atoms with Crippen LogP contribution in [0.1, 0.15) is 12.8 Å². The van der Waals surface area contributed by atoms with Crippen molar-refractivity contribution in [1.29, 1.82) is 0 Å². The Morgan fingerprint density at radius 2 is 2.23 bits per heavy atom. The monoisotopic (exact) mass is 179 g/mol. The number of anilines is 1. The summed E-state index contributed by atoms with van der Waals surface area (Å²) in [6.45, 7) is 0.737. The predicted molar refractivity (Wildman–Crippen MR) is 47.5 cm³/mol. The van der Waals surface area contributed by atoms with E-state index in [1.807, 2.05) is 6.07 Å². The number of nitrogens with one attached hydrogen (secondary N) is 1. The number of fused-ring (bicyclic) bond motifs is 1. The number of benzene rings is 1. The van der Waals surface area contributed by atoms with Crippen LogP contribution in [0.3, 0.4) is 0 Å². The third-order valence-electron chi connectivity index (χ3n) is 2.70. The Morgan fingerprint density at radius 1 is 1.38 bits per heavy atom. The van der Waals surface area contributed by atoms with Crippen molar-refractivity contribution < 1.29 is 9.13 Å². The normalized spacial score (nSPS) is 21.6. The largest absolute Gasteiger partial charge is 0.483 e. The summed E-state index contributed by atoms with van der Waals surface area (Å²) in [7, 11) is 0. The topological polar surface area (TPSA) is 21.3 Å². The standard InChI is InChI=1S/C10H10FNO/c11-7-2-1-3-8-9(7)12-6-10(13-8)4-5-10/h1-3,12H,4-6H2. The molecule has 1 saturated carbocycles. The predicted octanol–water partition coefficient (Wildman–Crippen LogP) is 2.16. The van der Waals surface area contributed by atoms with Gasteiger partial charge in [-0.05, 0) is 25.0 Å². The van der Waals surface area contributed by atoms with Crippen LogP contribution in [0.5, 0.6) is 5.75 Å². The Kier molecular flexibility index (Phi) is 1.19. The van der Waals surface area contributed by atoms with Crippen LogP contribution in [0.15, 0.2) is 18.2 Å². The Labute approximate surface area is 75.7 Å². The molecule has 3 heteroatoms. The fourth-order valence-electron chi connectivity index (χ4n) is 1.70. The first-order valence-corrected chi connectivity index (χ1v) is 4.51. The summed E-state index contributed by atoms with van der Waals surface area (Å²) in [4.78, 5) is 0. The highest BCUT2D eigenvalue weighted by atomic mass is 19.1. The van der Waals surface area contributed by atoms with Crippen molar-refractivity contribution in [3.63, 3.8) is 0 Å². The molecule has 3 rings (SSSR count). The second-order valence-corrected chi connectivity index (χ2v) is 3.75. The molecule has 1 aliphatic carbocycles. The number of rotatable bonds is 0. The van der Waals surface area contributed by atoms with Crippen LogP contribution in [-0.4, -0.2) is 12.1 Å². The van der Waals surface area contributed by atoms with Gasteiger partial charge in [0.15, 0.2) is 0 Å². The molecule has 1 aliphatic heterocycles. The summed E-state index contributed by atoms with van der Waals surface area (Å²) >= 11 is 0. The molecule has 2 nitrogen and oxygen atoms in total. The molecule has 68 valence electrons. The number of ether oxygens (including phenoxy) is 1. The molecule has 0 bridgehead atoms. The van der Waals surface area contributed by atoms with E-state index in [1.165, 1.54) is 6.07 Å². The lowest BCUT2D eigenvalue weighted by Crippen LogP contribution is -2.32. The lowest BCUT2D eigenvalue weighted by molar-refractivity contribution is 0.183. The molecule has 0 aromatic heterocycles. The van der Waals surface area contributed by atoms with E-state index in [0.717, 1.165) is 19.4 Å². The quantitative estimate of drug-likeness (QED) is 0.659. The van der Waals surface area contributed by atoms with Gasteiger partial charge in [0.2, 0.25) is 0 Å². The fourth-order valence-corrected chi connectivity index (χ4v) is 1.70. The van der Waals surface area contributed by atoms with Crippen LogP contribution in [-0.2, 0) is 0 Å². The molecule has 0 atom stereocenters. The highest BCUT2D eigenvalue weighted by Gasteiger charge is 2.48. The molecule has 2 aliphatic rings. The molecule has 0 amide bonds. The first-order chi connectivity index (χ1) is 6.29. The minimum atomic E-state index is -0.229. The number of hydrogen-bond acceptors (Lipinski definition) is 2. The van der Waals surface area contributed by atoms with E-state index in [2.05, 4.69) is 5.32 Å². The summed E-state index contributed by atoms with van der Waals surface area (Å²) in [5.74, 6) is 0.428. The Morgan fingerprint density at radius 3 is 3.00 bits per heavy atom. The molecule has 1 aromatic rings. The van der Waals surface area contributed by atoms with Gasteiger partial charge < -0.3 is 10.1 Å². The van der Waals surface area contributed by atoms with Gasteiger partial charge in [0, 0.05) is 0 Å². The average molecular weight is 179 g/mol. The van der Waals surface area contributed by atoms with Gasteiger partial charge in [0.25, 0.3) is 0 Å².